The number of aryl methyl sites for hydroxylation is 2. The van der Waals surface area contributed by atoms with E-state index >= 15 is 0 Å². The third kappa shape index (κ3) is 3.88. The lowest BCUT2D eigenvalue weighted by Crippen LogP contribution is -2.17. The van der Waals surface area contributed by atoms with Crippen molar-refractivity contribution in [3.05, 3.63) is 88.1 Å². The molecule has 2 aromatic carbocycles. The van der Waals surface area contributed by atoms with Crippen LogP contribution in [0.25, 0.3) is 5.69 Å². The molecule has 0 fully saturated rings. The van der Waals surface area contributed by atoms with Crippen molar-refractivity contribution >= 4 is 0 Å². The van der Waals surface area contributed by atoms with Gasteiger partial charge in [0.05, 0.1) is 12.8 Å². The molecular weight excluding hydrogens is 321 g/mol. The van der Waals surface area contributed by atoms with Crippen molar-refractivity contribution < 1.29 is 14.2 Å². The first-order valence-electron chi connectivity index (χ1n) is 7.90. The Morgan fingerprint density at radius 3 is 2.40 bits per heavy atom. The summed E-state index contributed by atoms with van der Waals surface area (Å²) in [6.45, 7) is 0. The Balaban J connectivity index is 1.79. The molecular formula is C20H18FNO3. The number of aromatic nitrogens is 1. The van der Waals surface area contributed by atoms with Crippen LogP contribution >= 0.6 is 0 Å². The first-order chi connectivity index (χ1) is 12.1. The number of phenolic OH excluding ortho intramolecular Hbond substituents is 1. The molecule has 0 aliphatic carbocycles. The monoisotopic (exact) mass is 339 g/mol. The van der Waals surface area contributed by atoms with E-state index in [1.807, 2.05) is 6.07 Å². The smallest absolute Gasteiger partial charge is 0.255 e. The van der Waals surface area contributed by atoms with Gasteiger partial charge in [-0.15, -0.1) is 0 Å². The molecule has 0 saturated heterocycles. The zero-order valence-corrected chi connectivity index (χ0v) is 13.8. The van der Waals surface area contributed by atoms with Gasteiger partial charge in [0.15, 0.2) is 11.5 Å². The summed E-state index contributed by atoms with van der Waals surface area (Å²) in [6.07, 6.45) is 3.13. The van der Waals surface area contributed by atoms with Crippen molar-refractivity contribution in [1.29, 1.82) is 0 Å². The Kier molecular flexibility index (Phi) is 4.84. The van der Waals surface area contributed by atoms with Crippen molar-refractivity contribution in [3.8, 4) is 17.2 Å². The van der Waals surface area contributed by atoms with Gasteiger partial charge in [-0.05, 0) is 54.3 Å². The molecule has 25 heavy (non-hydrogen) atoms. The van der Waals surface area contributed by atoms with Gasteiger partial charge < -0.3 is 9.84 Å². The van der Waals surface area contributed by atoms with Crippen molar-refractivity contribution in [1.82, 2.24) is 4.57 Å². The molecule has 5 heteroatoms. The lowest BCUT2D eigenvalue weighted by atomic mass is 10.1. The Morgan fingerprint density at radius 2 is 1.72 bits per heavy atom. The van der Waals surface area contributed by atoms with Gasteiger partial charge in [0, 0.05) is 18.3 Å². The van der Waals surface area contributed by atoms with E-state index in [1.54, 1.807) is 36.5 Å². The minimum absolute atomic E-state index is 0.0233. The van der Waals surface area contributed by atoms with Gasteiger partial charge >= 0.3 is 0 Å². The maximum absolute atomic E-state index is 12.9. The van der Waals surface area contributed by atoms with Crippen LogP contribution in [0, 0.1) is 5.82 Å². The highest BCUT2D eigenvalue weighted by Gasteiger charge is 2.06. The number of hydrogen-bond acceptors (Lipinski definition) is 3. The van der Waals surface area contributed by atoms with Gasteiger partial charge in [0.1, 0.15) is 5.82 Å². The molecule has 1 heterocycles. The maximum atomic E-state index is 12.9. The third-order valence-corrected chi connectivity index (χ3v) is 4.04. The molecule has 4 nitrogen and oxygen atoms in total. The van der Waals surface area contributed by atoms with Crippen LogP contribution in [-0.4, -0.2) is 16.8 Å². The number of methoxy groups -OCH3 is 1. The predicted molar refractivity (Wildman–Crippen MR) is 94.1 cm³/mol. The Labute approximate surface area is 144 Å². The largest absolute Gasteiger partial charge is 0.504 e. The molecule has 0 unspecified atom stereocenters. The number of pyridine rings is 1. The molecule has 0 aliphatic rings. The van der Waals surface area contributed by atoms with Crippen LogP contribution in [0.3, 0.4) is 0 Å². The average molecular weight is 339 g/mol. The predicted octanol–water partition coefficient (Wildman–Crippen LogP) is 3.48. The molecule has 0 atom stereocenters. The summed E-state index contributed by atoms with van der Waals surface area (Å²) < 4.78 is 19.5. The zero-order valence-electron chi connectivity index (χ0n) is 13.8. The van der Waals surface area contributed by atoms with Gasteiger partial charge in [-0.2, -0.15) is 0 Å². The lowest BCUT2D eigenvalue weighted by Gasteiger charge is -2.10. The number of benzene rings is 2. The Morgan fingerprint density at radius 1 is 1.00 bits per heavy atom. The van der Waals surface area contributed by atoms with E-state index in [1.165, 1.54) is 29.9 Å². The highest BCUT2D eigenvalue weighted by Crippen LogP contribution is 2.27. The number of nitrogens with zero attached hydrogens (tertiary/aromatic N) is 1. The topological polar surface area (TPSA) is 51.5 Å². The van der Waals surface area contributed by atoms with Gasteiger partial charge in [0.25, 0.3) is 5.56 Å². The number of rotatable bonds is 5. The average Bonchev–Trinajstić information content (AvgIpc) is 2.62. The van der Waals surface area contributed by atoms with Crippen LogP contribution in [0.2, 0.25) is 0 Å². The van der Waals surface area contributed by atoms with Crippen LogP contribution in [-0.2, 0) is 12.8 Å². The summed E-state index contributed by atoms with van der Waals surface area (Å²) in [5, 5.41) is 9.65. The molecule has 128 valence electrons. The molecule has 0 aliphatic heterocycles. The SMILES string of the molecule is COc1cc(-n2ccc(CCc3ccc(F)cc3)cc2=O)ccc1O. The van der Waals surface area contributed by atoms with Gasteiger partial charge in [-0.1, -0.05) is 12.1 Å². The summed E-state index contributed by atoms with van der Waals surface area (Å²) in [5.41, 5.74) is 2.39. The second kappa shape index (κ2) is 7.21. The number of aromatic hydroxyl groups is 1. The minimum Gasteiger partial charge on any atom is -0.504 e. The van der Waals surface area contributed by atoms with Crippen LogP contribution in [0.15, 0.2) is 65.6 Å². The van der Waals surface area contributed by atoms with E-state index < -0.39 is 0 Å². The third-order valence-electron chi connectivity index (χ3n) is 4.04. The van der Waals surface area contributed by atoms with Crippen molar-refractivity contribution in [3.63, 3.8) is 0 Å². The zero-order chi connectivity index (χ0) is 17.8. The van der Waals surface area contributed by atoms with Gasteiger partial charge in [-0.3, -0.25) is 9.36 Å². The molecule has 0 spiro atoms. The molecule has 0 radical (unpaired) electrons. The number of phenols is 1. The first kappa shape index (κ1) is 16.8. The first-order valence-corrected chi connectivity index (χ1v) is 7.90. The standard InChI is InChI=1S/C20H18FNO3/c1-25-19-13-17(8-9-18(19)23)22-11-10-15(12-20(22)24)3-2-14-4-6-16(21)7-5-14/h4-13,23H,2-3H2,1H3. The molecule has 1 aromatic heterocycles. The molecule has 0 amide bonds. The summed E-state index contributed by atoms with van der Waals surface area (Å²) in [6, 6.07) is 14.6. The summed E-state index contributed by atoms with van der Waals surface area (Å²) >= 11 is 0. The fraction of sp³-hybridized carbons (Fsp3) is 0.150. The summed E-state index contributed by atoms with van der Waals surface area (Å²) in [7, 11) is 1.46. The maximum Gasteiger partial charge on any atom is 0.255 e. The number of halogens is 1. The van der Waals surface area contributed by atoms with E-state index in [4.69, 9.17) is 4.74 Å². The van der Waals surface area contributed by atoms with Crippen LogP contribution < -0.4 is 10.3 Å². The highest BCUT2D eigenvalue weighted by atomic mass is 19.1. The van der Waals surface area contributed by atoms with Gasteiger partial charge in [0.2, 0.25) is 0 Å². The number of ether oxygens (including phenoxy) is 1. The Hall–Kier alpha value is -3.08. The molecule has 1 N–H and O–H groups in total. The van der Waals surface area contributed by atoms with E-state index in [2.05, 4.69) is 0 Å². The normalized spacial score (nSPS) is 10.6. The minimum atomic E-state index is -0.254. The van der Waals surface area contributed by atoms with Crippen molar-refractivity contribution in [2.75, 3.05) is 7.11 Å². The van der Waals surface area contributed by atoms with Crippen LogP contribution in [0.4, 0.5) is 4.39 Å². The van der Waals surface area contributed by atoms with E-state index in [-0.39, 0.29) is 17.1 Å². The number of hydrogen-bond donors (Lipinski definition) is 1. The Bertz CT molecular complexity index is 932. The van der Waals surface area contributed by atoms with Crippen LogP contribution in [0.5, 0.6) is 11.5 Å². The molecule has 0 bridgehead atoms. The molecule has 0 saturated carbocycles. The van der Waals surface area contributed by atoms with E-state index in [9.17, 15) is 14.3 Å². The second-order valence-electron chi connectivity index (χ2n) is 5.73. The highest BCUT2D eigenvalue weighted by molar-refractivity contribution is 5.48. The van der Waals surface area contributed by atoms with E-state index in [0.717, 1.165) is 17.5 Å². The quantitative estimate of drug-likeness (QED) is 0.774. The molecule has 3 aromatic rings. The summed E-state index contributed by atoms with van der Waals surface area (Å²) in [5.74, 6) is 0.0793. The van der Waals surface area contributed by atoms with Crippen molar-refractivity contribution in [2.24, 2.45) is 0 Å². The summed E-state index contributed by atoms with van der Waals surface area (Å²) in [4.78, 5) is 12.4. The van der Waals surface area contributed by atoms with E-state index in [0.29, 0.717) is 17.9 Å². The van der Waals surface area contributed by atoms with Gasteiger partial charge in [-0.25, -0.2) is 4.39 Å². The van der Waals surface area contributed by atoms with Crippen LogP contribution in [0.1, 0.15) is 11.1 Å². The second-order valence-corrected chi connectivity index (χ2v) is 5.73. The molecule has 3 rings (SSSR count). The fourth-order valence-corrected chi connectivity index (χ4v) is 2.64. The van der Waals surface area contributed by atoms with Crippen molar-refractivity contribution in [2.45, 2.75) is 12.8 Å². The fourth-order valence-electron chi connectivity index (χ4n) is 2.64. The lowest BCUT2D eigenvalue weighted by molar-refractivity contribution is 0.373.